The first-order valence-electron chi connectivity index (χ1n) is 4.28. The Morgan fingerprint density at radius 1 is 1.33 bits per heavy atom. The summed E-state index contributed by atoms with van der Waals surface area (Å²) in [6.07, 6.45) is 1.48. The molecule has 64 valence electrons. The summed E-state index contributed by atoms with van der Waals surface area (Å²) in [5.74, 6) is 0. The van der Waals surface area contributed by atoms with E-state index in [0.29, 0.717) is 12.6 Å². The van der Waals surface area contributed by atoms with Gasteiger partial charge >= 0.3 is 0 Å². The normalized spacial score (nSPS) is 20.9. The fourth-order valence-corrected chi connectivity index (χ4v) is 1.39. The molecule has 1 atom stereocenters. The molecule has 1 aromatic carbocycles. The van der Waals surface area contributed by atoms with Crippen LogP contribution in [0.4, 0.5) is 0 Å². The first kappa shape index (κ1) is 7.77. The summed E-state index contributed by atoms with van der Waals surface area (Å²) >= 11 is 0. The Balaban J connectivity index is 2.15. The Labute approximate surface area is 72.3 Å². The number of rotatable bonds is 3. The average Bonchev–Trinajstić information content (AvgIpc) is 2.89. The van der Waals surface area contributed by atoms with Gasteiger partial charge in [-0.3, -0.25) is 0 Å². The maximum Gasteiger partial charge on any atom is 0.0850 e. The summed E-state index contributed by atoms with van der Waals surface area (Å²) in [5, 5.41) is 0. The standard InChI is InChI=1S/C10H13NO/c11-6-9-4-2-1-3-8(9)5-10-7-12-10/h1-4,10H,5-7,11H2. The van der Waals surface area contributed by atoms with E-state index in [2.05, 4.69) is 18.2 Å². The monoisotopic (exact) mass is 163 g/mol. The van der Waals surface area contributed by atoms with Crippen molar-refractivity contribution in [3.8, 4) is 0 Å². The third kappa shape index (κ3) is 1.65. The minimum Gasteiger partial charge on any atom is -0.373 e. The number of hydrogen-bond donors (Lipinski definition) is 1. The van der Waals surface area contributed by atoms with Crippen LogP contribution in [0, 0.1) is 0 Å². The molecule has 1 fully saturated rings. The van der Waals surface area contributed by atoms with Gasteiger partial charge in [-0.05, 0) is 11.1 Å². The third-order valence-corrected chi connectivity index (χ3v) is 2.19. The molecule has 1 aliphatic rings. The Kier molecular flexibility index (Phi) is 2.11. The second kappa shape index (κ2) is 3.25. The van der Waals surface area contributed by atoms with E-state index >= 15 is 0 Å². The van der Waals surface area contributed by atoms with Gasteiger partial charge < -0.3 is 10.5 Å². The van der Waals surface area contributed by atoms with Crippen molar-refractivity contribution in [3.63, 3.8) is 0 Å². The highest BCUT2D eigenvalue weighted by Gasteiger charge is 2.23. The van der Waals surface area contributed by atoms with Crippen LogP contribution in [0.2, 0.25) is 0 Å². The molecule has 1 aliphatic heterocycles. The molecular formula is C10H13NO. The summed E-state index contributed by atoms with van der Waals surface area (Å²) in [5.41, 5.74) is 8.19. The first-order chi connectivity index (χ1) is 5.90. The number of benzene rings is 1. The van der Waals surface area contributed by atoms with Crippen LogP contribution in [-0.4, -0.2) is 12.7 Å². The van der Waals surface area contributed by atoms with Crippen molar-refractivity contribution in [2.24, 2.45) is 5.73 Å². The summed E-state index contributed by atoms with van der Waals surface area (Å²) in [6, 6.07) is 8.29. The van der Waals surface area contributed by atoms with Crippen molar-refractivity contribution >= 4 is 0 Å². The zero-order valence-corrected chi connectivity index (χ0v) is 6.99. The fourth-order valence-electron chi connectivity index (χ4n) is 1.39. The van der Waals surface area contributed by atoms with E-state index in [4.69, 9.17) is 10.5 Å². The number of hydrogen-bond acceptors (Lipinski definition) is 2. The average molecular weight is 163 g/mol. The number of ether oxygens (including phenoxy) is 1. The zero-order chi connectivity index (χ0) is 8.39. The van der Waals surface area contributed by atoms with E-state index in [-0.39, 0.29) is 0 Å². The molecule has 0 bridgehead atoms. The molecular weight excluding hydrogens is 150 g/mol. The molecule has 1 saturated heterocycles. The smallest absolute Gasteiger partial charge is 0.0850 e. The lowest BCUT2D eigenvalue weighted by molar-refractivity contribution is 0.407. The highest BCUT2D eigenvalue weighted by Crippen LogP contribution is 2.18. The van der Waals surface area contributed by atoms with Gasteiger partial charge in [-0.25, -0.2) is 0 Å². The highest BCUT2D eigenvalue weighted by molar-refractivity contribution is 5.27. The van der Waals surface area contributed by atoms with Crippen molar-refractivity contribution < 1.29 is 4.74 Å². The molecule has 0 amide bonds. The van der Waals surface area contributed by atoms with Crippen molar-refractivity contribution in [1.29, 1.82) is 0 Å². The molecule has 1 unspecified atom stereocenters. The van der Waals surface area contributed by atoms with Gasteiger partial charge in [0.2, 0.25) is 0 Å². The van der Waals surface area contributed by atoms with Crippen LogP contribution in [0.15, 0.2) is 24.3 Å². The van der Waals surface area contributed by atoms with Crippen molar-refractivity contribution in [3.05, 3.63) is 35.4 Å². The van der Waals surface area contributed by atoms with Gasteiger partial charge in [0.1, 0.15) is 0 Å². The fraction of sp³-hybridized carbons (Fsp3) is 0.400. The van der Waals surface area contributed by atoms with Crippen LogP contribution < -0.4 is 5.73 Å². The molecule has 1 heterocycles. The summed E-state index contributed by atoms with van der Waals surface area (Å²) in [6.45, 7) is 1.54. The minimum absolute atomic E-state index is 0.456. The zero-order valence-electron chi connectivity index (χ0n) is 6.99. The molecule has 1 aromatic rings. The molecule has 0 spiro atoms. The SMILES string of the molecule is NCc1ccccc1CC1CO1. The van der Waals surface area contributed by atoms with E-state index in [1.165, 1.54) is 11.1 Å². The van der Waals surface area contributed by atoms with Crippen LogP contribution in [-0.2, 0) is 17.7 Å². The predicted molar refractivity (Wildman–Crippen MR) is 47.8 cm³/mol. The van der Waals surface area contributed by atoms with E-state index in [0.717, 1.165) is 13.0 Å². The lowest BCUT2D eigenvalue weighted by Crippen LogP contribution is -2.03. The Morgan fingerprint density at radius 3 is 2.58 bits per heavy atom. The van der Waals surface area contributed by atoms with Gasteiger partial charge in [0.15, 0.2) is 0 Å². The van der Waals surface area contributed by atoms with E-state index < -0.39 is 0 Å². The van der Waals surface area contributed by atoms with Gasteiger partial charge in [0.25, 0.3) is 0 Å². The minimum atomic E-state index is 0.456. The van der Waals surface area contributed by atoms with Gasteiger partial charge in [-0.2, -0.15) is 0 Å². The quantitative estimate of drug-likeness (QED) is 0.677. The van der Waals surface area contributed by atoms with Crippen LogP contribution in [0.3, 0.4) is 0 Å². The van der Waals surface area contributed by atoms with Gasteiger partial charge in [-0.1, -0.05) is 24.3 Å². The van der Waals surface area contributed by atoms with Gasteiger partial charge in [0, 0.05) is 13.0 Å². The molecule has 2 nitrogen and oxygen atoms in total. The third-order valence-electron chi connectivity index (χ3n) is 2.19. The van der Waals surface area contributed by atoms with E-state index in [1.807, 2.05) is 6.07 Å². The predicted octanol–water partition coefficient (Wildman–Crippen LogP) is 1.09. The maximum absolute atomic E-state index is 5.61. The molecule has 0 aromatic heterocycles. The van der Waals surface area contributed by atoms with Crippen LogP contribution >= 0.6 is 0 Å². The molecule has 2 rings (SSSR count). The second-order valence-electron chi connectivity index (χ2n) is 3.13. The number of nitrogens with two attached hydrogens (primary N) is 1. The van der Waals surface area contributed by atoms with Crippen LogP contribution in [0.5, 0.6) is 0 Å². The van der Waals surface area contributed by atoms with Crippen molar-refractivity contribution in [2.75, 3.05) is 6.61 Å². The largest absolute Gasteiger partial charge is 0.373 e. The molecule has 0 radical (unpaired) electrons. The molecule has 12 heavy (non-hydrogen) atoms. The summed E-state index contributed by atoms with van der Waals surface area (Å²) < 4.78 is 5.17. The summed E-state index contributed by atoms with van der Waals surface area (Å²) in [7, 11) is 0. The van der Waals surface area contributed by atoms with Gasteiger partial charge in [-0.15, -0.1) is 0 Å². The molecule has 2 N–H and O–H groups in total. The molecule has 0 saturated carbocycles. The van der Waals surface area contributed by atoms with Crippen molar-refractivity contribution in [2.45, 2.75) is 19.1 Å². The van der Waals surface area contributed by atoms with E-state index in [9.17, 15) is 0 Å². The Morgan fingerprint density at radius 2 is 2.00 bits per heavy atom. The second-order valence-corrected chi connectivity index (χ2v) is 3.13. The molecule has 2 heteroatoms. The first-order valence-corrected chi connectivity index (χ1v) is 4.28. The summed E-state index contributed by atoms with van der Waals surface area (Å²) in [4.78, 5) is 0. The van der Waals surface area contributed by atoms with E-state index in [1.54, 1.807) is 0 Å². The maximum atomic E-state index is 5.61. The highest BCUT2D eigenvalue weighted by atomic mass is 16.6. The van der Waals surface area contributed by atoms with Crippen LogP contribution in [0.25, 0.3) is 0 Å². The van der Waals surface area contributed by atoms with Gasteiger partial charge in [0.05, 0.1) is 12.7 Å². The topological polar surface area (TPSA) is 38.5 Å². The lowest BCUT2D eigenvalue weighted by atomic mass is 10.0. The Hall–Kier alpha value is -0.860. The Bertz CT molecular complexity index is 268. The number of epoxide rings is 1. The molecule has 0 aliphatic carbocycles. The lowest BCUT2D eigenvalue weighted by Gasteiger charge is -2.04. The van der Waals surface area contributed by atoms with Crippen LogP contribution in [0.1, 0.15) is 11.1 Å². The van der Waals surface area contributed by atoms with Crippen molar-refractivity contribution in [1.82, 2.24) is 0 Å².